The smallest absolute Gasteiger partial charge is 0.341 e. The molecule has 0 amide bonds. The molecular formula is C7HClF4O2. The Morgan fingerprint density at radius 3 is 1.64 bits per heavy atom. The highest BCUT2D eigenvalue weighted by atomic mass is 35.5. The first-order valence-corrected chi connectivity index (χ1v) is 3.50. The molecule has 14 heavy (non-hydrogen) atoms. The van der Waals surface area contributed by atoms with Crippen LogP contribution in [0.4, 0.5) is 17.6 Å². The average molecular weight is 229 g/mol. The highest BCUT2D eigenvalue weighted by Gasteiger charge is 2.28. The summed E-state index contributed by atoms with van der Waals surface area (Å²) in [6, 6.07) is 0. The fraction of sp³-hybridized carbons (Fsp3) is 0. The van der Waals surface area contributed by atoms with Gasteiger partial charge in [0.15, 0.2) is 23.3 Å². The number of halogens is 5. The number of hydrogen-bond donors (Lipinski definition) is 1. The van der Waals surface area contributed by atoms with Crippen LogP contribution >= 0.6 is 11.6 Å². The van der Waals surface area contributed by atoms with Gasteiger partial charge >= 0.3 is 5.97 Å². The van der Waals surface area contributed by atoms with Crippen LogP contribution in [0, 0.1) is 23.3 Å². The van der Waals surface area contributed by atoms with Crippen LogP contribution in [0.3, 0.4) is 0 Å². The van der Waals surface area contributed by atoms with E-state index in [1.165, 1.54) is 0 Å². The van der Waals surface area contributed by atoms with Crippen LogP contribution in [0.25, 0.3) is 0 Å². The maximum atomic E-state index is 12.7. The second kappa shape index (κ2) is 3.45. The van der Waals surface area contributed by atoms with Crippen molar-refractivity contribution in [1.82, 2.24) is 0 Å². The zero-order valence-electron chi connectivity index (χ0n) is 6.25. The van der Waals surface area contributed by atoms with Crippen molar-refractivity contribution in [3.63, 3.8) is 0 Å². The molecule has 0 bridgehead atoms. The lowest BCUT2D eigenvalue weighted by molar-refractivity contribution is 0.0683. The molecule has 0 unspecified atom stereocenters. The lowest BCUT2D eigenvalue weighted by Gasteiger charge is -2.04. The van der Waals surface area contributed by atoms with Crippen LogP contribution in [0.15, 0.2) is 0 Å². The topological polar surface area (TPSA) is 37.3 Å². The van der Waals surface area contributed by atoms with E-state index >= 15 is 0 Å². The fourth-order valence-corrected chi connectivity index (χ4v) is 0.959. The maximum Gasteiger partial charge on any atom is 0.341 e. The summed E-state index contributed by atoms with van der Waals surface area (Å²) in [6.07, 6.45) is 0. The van der Waals surface area contributed by atoms with E-state index in [1.54, 1.807) is 0 Å². The van der Waals surface area contributed by atoms with Gasteiger partial charge in [-0.15, -0.1) is 0 Å². The van der Waals surface area contributed by atoms with Crippen molar-refractivity contribution in [2.45, 2.75) is 0 Å². The number of carboxylic acid groups (broad SMARTS) is 1. The second-order valence-electron chi connectivity index (χ2n) is 2.25. The summed E-state index contributed by atoms with van der Waals surface area (Å²) in [5.74, 6) is -10.0. The third kappa shape index (κ3) is 1.41. The number of rotatable bonds is 1. The second-order valence-corrected chi connectivity index (χ2v) is 2.63. The van der Waals surface area contributed by atoms with Crippen LogP contribution in [-0.4, -0.2) is 11.1 Å². The highest BCUT2D eigenvalue weighted by molar-refractivity contribution is 6.31. The van der Waals surface area contributed by atoms with Crippen molar-refractivity contribution in [3.8, 4) is 0 Å². The first-order chi connectivity index (χ1) is 6.37. The van der Waals surface area contributed by atoms with Crippen LogP contribution in [0.2, 0.25) is 5.02 Å². The number of aromatic carboxylic acids is 1. The number of hydrogen-bond acceptors (Lipinski definition) is 1. The Kier molecular flexibility index (Phi) is 2.66. The summed E-state index contributed by atoms with van der Waals surface area (Å²) in [4.78, 5) is 10.2. The summed E-state index contributed by atoms with van der Waals surface area (Å²) in [6.45, 7) is 0. The molecule has 1 aromatic carbocycles. The van der Waals surface area contributed by atoms with E-state index in [0.717, 1.165) is 0 Å². The highest BCUT2D eigenvalue weighted by Crippen LogP contribution is 2.27. The molecule has 0 radical (unpaired) electrons. The molecule has 0 aliphatic carbocycles. The van der Waals surface area contributed by atoms with Gasteiger partial charge in [-0.05, 0) is 0 Å². The minimum absolute atomic E-state index is 1.41. The van der Waals surface area contributed by atoms with Gasteiger partial charge in [-0.1, -0.05) is 11.6 Å². The molecule has 0 aromatic heterocycles. The number of carboxylic acids is 1. The number of carbonyl (C=O) groups is 1. The first kappa shape index (κ1) is 10.8. The van der Waals surface area contributed by atoms with Crippen molar-refractivity contribution in [2.75, 3.05) is 0 Å². The standard InChI is InChI=1S/C7HClF4O2/c8-2-5(11)3(9)1(7(13)14)4(10)6(2)12/h(H,13,14). The molecule has 0 spiro atoms. The Morgan fingerprint density at radius 1 is 1.00 bits per heavy atom. The molecule has 0 aliphatic heterocycles. The van der Waals surface area contributed by atoms with Crippen LogP contribution in [-0.2, 0) is 0 Å². The molecule has 7 heteroatoms. The lowest BCUT2D eigenvalue weighted by Crippen LogP contribution is -2.10. The first-order valence-electron chi connectivity index (χ1n) is 3.12. The molecule has 0 saturated carbocycles. The molecule has 0 atom stereocenters. The average Bonchev–Trinajstić information content (AvgIpc) is 2.11. The van der Waals surface area contributed by atoms with Crippen molar-refractivity contribution >= 4 is 17.6 Å². The Bertz CT molecular complexity index is 390. The van der Waals surface area contributed by atoms with Crippen LogP contribution in [0.5, 0.6) is 0 Å². The lowest BCUT2D eigenvalue weighted by atomic mass is 10.2. The molecule has 76 valence electrons. The predicted octanol–water partition coefficient (Wildman–Crippen LogP) is 2.59. The minimum Gasteiger partial charge on any atom is -0.477 e. The third-order valence-electron chi connectivity index (χ3n) is 1.42. The van der Waals surface area contributed by atoms with E-state index in [2.05, 4.69) is 0 Å². The molecule has 1 rings (SSSR count). The van der Waals surface area contributed by atoms with E-state index in [-0.39, 0.29) is 0 Å². The van der Waals surface area contributed by atoms with Crippen molar-refractivity contribution in [2.24, 2.45) is 0 Å². The van der Waals surface area contributed by atoms with Gasteiger partial charge in [0.2, 0.25) is 0 Å². The third-order valence-corrected chi connectivity index (χ3v) is 1.76. The monoisotopic (exact) mass is 228 g/mol. The van der Waals surface area contributed by atoms with E-state index < -0.39 is 39.8 Å². The maximum absolute atomic E-state index is 12.7. The molecule has 1 N–H and O–H groups in total. The molecular weight excluding hydrogens is 228 g/mol. The van der Waals surface area contributed by atoms with E-state index in [4.69, 9.17) is 16.7 Å². The normalized spacial score (nSPS) is 10.4. The minimum atomic E-state index is -2.12. The van der Waals surface area contributed by atoms with Gasteiger partial charge < -0.3 is 5.11 Å². The van der Waals surface area contributed by atoms with Gasteiger partial charge in [-0.25, -0.2) is 22.4 Å². The molecule has 0 fully saturated rings. The summed E-state index contributed by atoms with van der Waals surface area (Å²) in [5.41, 5.74) is -1.70. The van der Waals surface area contributed by atoms with Gasteiger partial charge in [-0.3, -0.25) is 0 Å². The molecule has 0 heterocycles. The van der Waals surface area contributed by atoms with Crippen molar-refractivity contribution in [3.05, 3.63) is 33.9 Å². The van der Waals surface area contributed by atoms with Gasteiger partial charge in [0.05, 0.1) is 0 Å². The van der Waals surface area contributed by atoms with Crippen LogP contribution < -0.4 is 0 Å². The molecule has 2 nitrogen and oxygen atoms in total. The fourth-order valence-electron chi connectivity index (χ4n) is 0.793. The van der Waals surface area contributed by atoms with Crippen molar-refractivity contribution < 1.29 is 27.5 Å². The summed E-state index contributed by atoms with van der Waals surface area (Å²) in [5, 5.41) is 6.82. The molecule has 1 aromatic rings. The largest absolute Gasteiger partial charge is 0.477 e. The van der Waals surface area contributed by atoms with E-state index in [9.17, 15) is 22.4 Å². The Morgan fingerprint density at radius 2 is 1.36 bits per heavy atom. The van der Waals surface area contributed by atoms with Gasteiger partial charge in [0, 0.05) is 0 Å². The molecule has 0 saturated heterocycles. The summed E-state index contributed by atoms with van der Waals surface area (Å²) < 4.78 is 50.6. The van der Waals surface area contributed by atoms with Gasteiger partial charge in [0.1, 0.15) is 10.6 Å². The van der Waals surface area contributed by atoms with Crippen molar-refractivity contribution in [1.29, 1.82) is 0 Å². The van der Waals surface area contributed by atoms with E-state index in [1.807, 2.05) is 0 Å². The molecule has 0 aliphatic rings. The zero-order chi connectivity index (χ0) is 11.0. The van der Waals surface area contributed by atoms with Gasteiger partial charge in [-0.2, -0.15) is 0 Å². The number of benzene rings is 1. The zero-order valence-corrected chi connectivity index (χ0v) is 7.00. The van der Waals surface area contributed by atoms with Crippen LogP contribution in [0.1, 0.15) is 10.4 Å². The summed E-state index contributed by atoms with van der Waals surface area (Å²) in [7, 11) is 0. The summed E-state index contributed by atoms with van der Waals surface area (Å²) >= 11 is 4.84. The van der Waals surface area contributed by atoms with Gasteiger partial charge in [0.25, 0.3) is 0 Å². The Labute approximate surface area is 79.7 Å². The Hall–Kier alpha value is -1.30. The van der Waals surface area contributed by atoms with E-state index in [0.29, 0.717) is 0 Å². The SMILES string of the molecule is O=C(O)c1c(F)c(F)c(Cl)c(F)c1F. The quantitative estimate of drug-likeness (QED) is 0.456. The predicted molar refractivity (Wildman–Crippen MR) is 38.2 cm³/mol. The Balaban J connectivity index is 3.68.